The van der Waals surface area contributed by atoms with E-state index < -0.39 is 0 Å². The fraction of sp³-hybridized carbons (Fsp3) is 0.636. The Bertz CT molecular complexity index is 569. The fourth-order valence-electron chi connectivity index (χ4n) is 2.32. The Morgan fingerprint density at radius 2 is 2.22 bits per heavy atom. The molecule has 0 saturated heterocycles. The van der Waals surface area contributed by atoms with E-state index in [0.717, 1.165) is 28.6 Å². The first-order valence-electron chi connectivity index (χ1n) is 6.19. The molecule has 2 aromatic rings. The second-order valence-electron chi connectivity index (χ2n) is 4.64. The molecule has 7 heteroatoms. The predicted molar refractivity (Wildman–Crippen MR) is 67.2 cm³/mol. The molecule has 6 nitrogen and oxygen atoms in total. The molecule has 0 atom stereocenters. The molecule has 18 heavy (non-hydrogen) atoms. The topological polar surface area (TPSA) is 72.2 Å². The summed E-state index contributed by atoms with van der Waals surface area (Å²) in [5.41, 5.74) is 0. The number of carbonyl (C=O) groups is 1. The maximum Gasteiger partial charge on any atom is 0.234 e. The Morgan fingerprint density at radius 1 is 1.44 bits per heavy atom. The van der Waals surface area contributed by atoms with Crippen LogP contribution in [0, 0.1) is 12.8 Å². The summed E-state index contributed by atoms with van der Waals surface area (Å²) < 4.78 is 1.71. The van der Waals surface area contributed by atoms with Crippen molar-refractivity contribution in [1.29, 1.82) is 0 Å². The minimum absolute atomic E-state index is 0.162. The monoisotopic (exact) mass is 265 g/mol. The van der Waals surface area contributed by atoms with Crippen LogP contribution in [0.1, 0.15) is 36.5 Å². The number of aryl methyl sites for hydroxylation is 1. The van der Waals surface area contributed by atoms with E-state index in [2.05, 4.69) is 20.6 Å². The van der Waals surface area contributed by atoms with Crippen LogP contribution < -0.4 is 5.32 Å². The molecule has 1 amide bonds. The van der Waals surface area contributed by atoms with Gasteiger partial charge in [-0.05, 0) is 19.8 Å². The molecule has 1 aliphatic carbocycles. The predicted octanol–water partition coefficient (Wildman–Crippen LogP) is 1.30. The van der Waals surface area contributed by atoms with Crippen LogP contribution in [0.2, 0.25) is 0 Å². The van der Waals surface area contributed by atoms with Crippen LogP contribution in [-0.4, -0.2) is 25.7 Å². The second kappa shape index (κ2) is 4.64. The van der Waals surface area contributed by atoms with Crippen LogP contribution in [0.3, 0.4) is 0 Å². The Hall–Kier alpha value is -1.50. The summed E-state index contributed by atoms with van der Waals surface area (Å²) in [7, 11) is 0. The zero-order valence-corrected chi connectivity index (χ0v) is 11.0. The number of carbonyl (C=O) groups excluding carboxylic acids is 1. The number of rotatable bonds is 3. The average Bonchev–Trinajstić information content (AvgIpc) is 3.05. The maximum atomic E-state index is 11.9. The highest BCUT2D eigenvalue weighted by molar-refractivity contribution is 7.16. The summed E-state index contributed by atoms with van der Waals surface area (Å²) in [5.74, 6) is 1.14. The van der Waals surface area contributed by atoms with Crippen molar-refractivity contribution < 1.29 is 4.79 Å². The van der Waals surface area contributed by atoms with E-state index in [1.807, 2.05) is 6.92 Å². The Balaban J connectivity index is 1.63. The maximum absolute atomic E-state index is 11.9. The molecule has 1 aliphatic rings. The number of hydrogen-bond donors (Lipinski definition) is 1. The summed E-state index contributed by atoms with van der Waals surface area (Å²) >= 11 is 1.47. The zero-order chi connectivity index (χ0) is 12.5. The van der Waals surface area contributed by atoms with Gasteiger partial charge in [-0.3, -0.25) is 4.79 Å². The van der Waals surface area contributed by atoms with Crippen LogP contribution in [0.15, 0.2) is 0 Å². The fourth-order valence-corrected chi connectivity index (χ4v) is 3.14. The van der Waals surface area contributed by atoms with Crippen molar-refractivity contribution in [3.63, 3.8) is 0 Å². The lowest BCUT2D eigenvalue weighted by atomic mass is 10.1. The van der Waals surface area contributed by atoms with Crippen molar-refractivity contribution in [2.45, 2.75) is 39.2 Å². The lowest BCUT2D eigenvalue weighted by molar-refractivity contribution is -0.124. The van der Waals surface area contributed by atoms with Gasteiger partial charge in [0.15, 0.2) is 5.82 Å². The van der Waals surface area contributed by atoms with Gasteiger partial charge in [0.1, 0.15) is 5.01 Å². The summed E-state index contributed by atoms with van der Waals surface area (Å²) in [5, 5.41) is 16.1. The number of fused-ring (bicyclic) bond motifs is 1. The lowest BCUT2D eigenvalue weighted by Gasteiger charge is -2.08. The van der Waals surface area contributed by atoms with Crippen LogP contribution in [-0.2, 0) is 11.3 Å². The highest BCUT2D eigenvalue weighted by atomic mass is 32.1. The Morgan fingerprint density at radius 3 is 2.94 bits per heavy atom. The van der Waals surface area contributed by atoms with Crippen molar-refractivity contribution >= 4 is 22.2 Å². The summed E-state index contributed by atoms with van der Waals surface area (Å²) in [6.45, 7) is 2.35. The van der Waals surface area contributed by atoms with E-state index >= 15 is 0 Å². The van der Waals surface area contributed by atoms with E-state index in [4.69, 9.17) is 0 Å². The van der Waals surface area contributed by atoms with Crippen molar-refractivity contribution in [2.75, 3.05) is 0 Å². The van der Waals surface area contributed by atoms with Crippen molar-refractivity contribution in [2.24, 2.45) is 5.92 Å². The van der Waals surface area contributed by atoms with Gasteiger partial charge >= 0.3 is 0 Å². The van der Waals surface area contributed by atoms with E-state index in [9.17, 15) is 4.79 Å². The largest absolute Gasteiger partial charge is 0.349 e. The number of nitrogens with one attached hydrogen (secondary N) is 1. The zero-order valence-electron chi connectivity index (χ0n) is 10.2. The minimum Gasteiger partial charge on any atom is -0.349 e. The Labute approximate surface area is 108 Å². The molecule has 1 N–H and O–H groups in total. The third-order valence-corrected chi connectivity index (χ3v) is 4.23. The standard InChI is InChI=1S/C11H15N5OS/c1-7-13-14-11-16(7)15-9(18-11)6-12-10(17)8-4-2-3-5-8/h8H,2-6H2,1H3,(H,12,17). The molecule has 3 rings (SSSR count). The number of hydrogen-bond acceptors (Lipinski definition) is 5. The third-order valence-electron chi connectivity index (χ3n) is 3.33. The van der Waals surface area contributed by atoms with Gasteiger partial charge in [-0.15, -0.1) is 10.2 Å². The van der Waals surface area contributed by atoms with E-state index in [-0.39, 0.29) is 11.8 Å². The molecule has 2 heterocycles. The highest BCUT2D eigenvalue weighted by Crippen LogP contribution is 2.24. The summed E-state index contributed by atoms with van der Waals surface area (Å²) in [4.78, 5) is 12.6. The number of amides is 1. The van der Waals surface area contributed by atoms with Crippen molar-refractivity contribution in [3.8, 4) is 0 Å². The summed E-state index contributed by atoms with van der Waals surface area (Å²) in [6.07, 6.45) is 4.40. The Kier molecular flexibility index (Phi) is 2.99. The number of nitrogens with zero attached hydrogens (tertiary/aromatic N) is 4. The molecule has 0 spiro atoms. The lowest BCUT2D eigenvalue weighted by Crippen LogP contribution is -2.28. The third kappa shape index (κ3) is 2.10. The first kappa shape index (κ1) is 11.6. The van der Waals surface area contributed by atoms with Crippen molar-refractivity contribution in [3.05, 3.63) is 10.8 Å². The average molecular weight is 265 g/mol. The molecule has 0 bridgehead atoms. The molecule has 1 fully saturated rings. The molecule has 0 unspecified atom stereocenters. The van der Waals surface area contributed by atoms with E-state index in [1.165, 1.54) is 24.2 Å². The van der Waals surface area contributed by atoms with Gasteiger partial charge in [0.2, 0.25) is 10.9 Å². The van der Waals surface area contributed by atoms with Crippen molar-refractivity contribution in [1.82, 2.24) is 25.1 Å². The molecule has 0 aromatic carbocycles. The highest BCUT2D eigenvalue weighted by Gasteiger charge is 2.22. The van der Waals surface area contributed by atoms with Gasteiger partial charge < -0.3 is 5.32 Å². The van der Waals surface area contributed by atoms with E-state index in [1.54, 1.807) is 4.52 Å². The minimum atomic E-state index is 0.162. The first-order chi connectivity index (χ1) is 8.74. The van der Waals surface area contributed by atoms with Crippen LogP contribution in [0.5, 0.6) is 0 Å². The molecule has 0 radical (unpaired) electrons. The van der Waals surface area contributed by atoms with Crippen LogP contribution in [0.4, 0.5) is 0 Å². The van der Waals surface area contributed by atoms with Gasteiger partial charge in [0.25, 0.3) is 0 Å². The second-order valence-corrected chi connectivity index (χ2v) is 5.68. The summed E-state index contributed by atoms with van der Waals surface area (Å²) in [6, 6.07) is 0. The van der Waals surface area contributed by atoms with Gasteiger partial charge in [-0.1, -0.05) is 24.2 Å². The molecular formula is C11H15N5OS. The molecular weight excluding hydrogens is 250 g/mol. The normalized spacial score (nSPS) is 16.5. The molecule has 96 valence electrons. The smallest absolute Gasteiger partial charge is 0.234 e. The van der Waals surface area contributed by atoms with Crippen LogP contribution in [0.25, 0.3) is 4.96 Å². The van der Waals surface area contributed by atoms with Crippen LogP contribution >= 0.6 is 11.3 Å². The first-order valence-corrected chi connectivity index (χ1v) is 7.01. The SMILES string of the molecule is Cc1nnc2sc(CNC(=O)C3CCCC3)nn12. The molecule has 0 aliphatic heterocycles. The van der Waals surface area contributed by atoms with Gasteiger partial charge in [-0.25, -0.2) is 0 Å². The molecule has 1 saturated carbocycles. The van der Waals surface area contributed by atoms with E-state index in [0.29, 0.717) is 6.54 Å². The quantitative estimate of drug-likeness (QED) is 0.908. The molecule has 2 aromatic heterocycles. The van der Waals surface area contributed by atoms with Gasteiger partial charge in [0.05, 0.1) is 6.54 Å². The van der Waals surface area contributed by atoms with Gasteiger partial charge in [0, 0.05) is 5.92 Å². The van der Waals surface area contributed by atoms with Gasteiger partial charge in [-0.2, -0.15) is 9.61 Å². The number of aromatic nitrogens is 4.